The number of benzene rings is 1. The van der Waals surface area contributed by atoms with Crippen LogP contribution in [0.1, 0.15) is 26.2 Å². The maximum absolute atomic E-state index is 12.7. The molecule has 27 heavy (non-hydrogen) atoms. The predicted molar refractivity (Wildman–Crippen MR) is 106 cm³/mol. The lowest BCUT2D eigenvalue weighted by Crippen LogP contribution is -2.50. The fourth-order valence-corrected chi connectivity index (χ4v) is 4.15. The number of sulfonamides is 1. The molecule has 1 saturated heterocycles. The topological polar surface area (TPSA) is 113 Å². The van der Waals surface area contributed by atoms with Crippen LogP contribution in [0.15, 0.2) is 29.2 Å². The van der Waals surface area contributed by atoms with Crippen LogP contribution in [0.25, 0.3) is 0 Å². The molecule has 1 unspecified atom stereocenters. The molecule has 10 heteroatoms. The highest BCUT2D eigenvalue weighted by Gasteiger charge is 2.29. The third-order valence-corrected chi connectivity index (χ3v) is 6.28. The highest BCUT2D eigenvalue weighted by molar-refractivity contribution is 7.89. The molecule has 0 spiro atoms. The predicted octanol–water partition coefficient (Wildman–Crippen LogP) is 1.03. The van der Waals surface area contributed by atoms with Gasteiger partial charge in [-0.3, -0.25) is 9.59 Å². The molecule has 1 aromatic rings. The molecule has 3 N–H and O–H groups in total. The van der Waals surface area contributed by atoms with Crippen LogP contribution in [0.2, 0.25) is 0 Å². The highest BCUT2D eigenvalue weighted by Crippen LogP contribution is 2.20. The van der Waals surface area contributed by atoms with Crippen LogP contribution in [0.5, 0.6) is 0 Å². The van der Waals surface area contributed by atoms with Gasteiger partial charge in [0.05, 0.1) is 11.4 Å². The van der Waals surface area contributed by atoms with Gasteiger partial charge >= 0.3 is 0 Å². The number of amides is 2. The minimum atomic E-state index is -3.80. The number of nitrogens with zero attached hydrogens (tertiary/aromatic N) is 2. The molecule has 152 valence electrons. The molecule has 1 atom stereocenters. The minimum Gasteiger partial charge on any atom is -0.337 e. The van der Waals surface area contributed by atoms with E-state index in [1.165, 1.54) is 38.2 Å². The molecule has 0 aliphatic carbocycles. The smallest absolute Gasteiger partial charge is 0.243 e. The Bertz CT molecular complexity index is 755. The maximum Gasteiger partial charge on any atom is 0.243 e. The van der Waals surface area contributed by atoms with Gasteiger partial charge in [-0.1, -0.05) is 0 Å². The summed E-state index contributed by atoms with van der Waals surface area (Å²) in [7, 11) is -2.41. The first-order valence-corrected chi connectivity index (χ1v) is 10.0. The van der Waals surface area contributed by atoms with Gasteiger partial charge in [-0.15, -0.1) is 12.4 Å². The summed E-state index contributed by atoms with van der Waals surface area (Å²) in [6.45, 7) is 2.14. The van der Waals surface area contributed by atoms with E-state index in [4.69, 9.17) is 5.73 Å². The average Bonchev–Trinajstić information content (AvgIpc) is 2.61. The summed E-state index contributed by atoms with van der Waals surface area (Å²) in [5, 5.41) is 2.58. The minimum absolute atomic E-state index is 0. The van der Waals surface area contributed by atoms with E-state index >= 15 is 0 Å². The van der Waals surface area contributed by atoms with E-state index in [0.717, 1.165) is 23.6 Å². The lowest BCUT2D eigenvalue weighted by molar-refractivity contribution is -0.134. The fraction of sp³-hybridized carbons (Fsp3) is 0.529. The van der Waals surface area contributed by atoms with Crippen LogP contribution in [0.3, 0.4) is 0 Å². The van der Waals surface area contributed by atoms with Crippen molar-refractivity contribution in [2.75, 3.05) is 32.0 Å². The number of nitrogens with one attached hydrogen (secondary N) is 1. The van der Waals surface area contributed by atoms with E-state index in [-0.39, 0.29) is 41.7 Å². The molecule has 0 aromatic heterocycles. The number of likely N-dealkylation sites (tertiary alicyclic amines) is 1. The first-order valence-electron chi connectivity index (χ1n) is 8.59. The molecule has 1 aliphatic heterocycles. The summed E-state index contributed by atoms with van der Waals surface area (Å²) >= 11 is 0. The second kappa shape index (κ2) is 10.0. The highest BCUT2D eigenvalue weighted by atomic mass is 35.5. The quantitative estimate of drug-likeness (QED) is 0.716. The van der Waals surface area contributed by atoms with Crippen LogP contribution >= 0.6 is 12.4 Å². The average molecular weight is 419 g/mol. The molecule has 0 saturated carbocycles. The Hall–Kier alpha value is -1.68. The van der Waals surface area contributed by atoms with Crippen LogP contribution in [-0.4, -0.2) is 62.2 Å². The molecule has 0 radical (unpaired) electrons. The molecule has 1 aromatic carbocycles. The summed E-state index contributed by atoms with van der Waals surface area (Å²) in [6.07, 6.45) is 2.78. The van der Waals surface area contributed by atoms with Gasteiger partial charge in [-0.2, -0.15) is 4.31 Å². The second-order valence-corrected chi connectivity index (χ2v) is 8.48. The van der Waals surface area contributed by atoms with Crippen molar-refractivity contribution in [3.8, 4) is 0 Å². The number of piperidine rings is 1. The SMILES string of the molecule is CC(=O)Nc1ccc(S(=O)(=O)N(C)CC(=O)N2CCCCC2CN)cc1.Cl. The Labute approximate surface area is 166 Å². The van der Waals surface area contributed by atoms with E-state index in [0.29, 0.717) is 18.8 Å². The van der Waals surface area contributed by atoms with Crippen molar-refractivity contribution in [1.29, 1.82) is 0 Å². The van der Waals surface area contributed by atoms with Gasteiger partial charge in [-0.25, -0.2) is 8.42 Å². The van der Waals surface area contributed by atoms with Crippen molar-refractivity contribution in [2.24, 2.45) is 5.73 Å². The van der Waals surface area contributed by atoms with Gasteiger partial charge in [0.25, 0.3) is 0 Å². The summed E-state index contributed by atoms with van der Waals surface area (Å²) in [4.78, 5) is 25.3. The molecule has 2 amide bonds. The number of rotatable bonds is 6. The third kappa shape index (κ3) is 5.90. The first kappa shape index (κ1) is 23.4. The van der Waals surface area contributed by atoms with Crippen molar-refractivity contribution in [3.05, 3.63) is 24.3 Å². The van der Waals surface area contributed by atoms with Crippen molar-refractivity contribution in [2.45, 2.75) is 37.1 Å². The molecular formula is C17H27ClN4O4S. The van der Waals surface area contributed by atoms with Gasteiger partial charge < -0.3 is 16.0 Å². The summed E-state index contributed by atoms with van der Waals surface area (Å²) in [6, 6.07) is 5.82. The molecule has 1 fully saturated rings. The third-order valence-electron chi connectivity index (χ3n) is 4.46. The summed E-state index contributed by atoms with van der Waals surface area (Å²) in [5.41, 5.74) is 6.24. The van der Waals surface area contributed by atoms with Crippen LogP contribution < -0.4 is 11.1 Å². The number of carbonyl (C=O) groups is 2. The number of hydrogen-bond donors (Lipinski definition) is 2. The number of nitrogens with two attached hydrogens (primary N) is 1. The Balaban J connectivity index is 0.00000364. The van der Waals surface area contributed by atoms with E-state index in [1.54, 1.807) is 4.90 Å². The lowest BCUT2D eigenvalue weighted by Gasteiger charge is -2.35. The van der Waals surface area contributed by atoms with Gasteiger partial charge in [0.1, 0.15) is 0 Å². The van der Waals surface area contributed by atoms with Crippen molar-refractivity contribution >= 4 is 39.9 Å². The number of carbonyl (C=O) groups excluding carboxylic acids is 2. The van der Waals surface area contributed by atoms with E-state index in [2.05, 4.69) is 5.32 Å². The van der Waals surface area contributed by atoms with Crippen LogP contribution in [-0.2, 0) is 19.6 Å². The second-order valence-electron chi connectivity index (χ2n) is 6.44. The van der Waals surface area contributed by atoms with Gasteiger partial charge in [0, 0.05) is 38.8 Å². The number of anilines is 1. The van der Waals surface area contributed by atoms with Crippen LogP contribution in [0, 0.1) is 0 Å². The van der Waals surface area contributed by atoms with Gasteiger partial charge in [-0.05, 0) is 43.5 Å². The van der Waals surface area contributed by atoms with Crippen molar-refractivity contribution in [1.82, 2.24) is 9.21 Å². The Kier molecular flexibility index (Phi) is 8.67. The molecular weight excluding hydrogens is 392 g/mol. The van der Waals surface area contributed by atoms with Crippen molar-refractivity contribution < 1.29 is 18.0 Å². The van der Waals surface area contributed by atoms with E-state index in [9.17, 15) is 18.0 Å². The maximum atomic E-state index is 12.7. The van der Waals surface area contributed by atoms with Gasteiger partial charge in [0.15, 0.2) is 0 Å². The molecule has 0 bridgehead atoms. The van der Waals surface area contributed by atoms with Crippen molar-refractivity contribution in [3.63, 3.8) is 0 Å². The molecule has 1 aliphatic rings. The Morgan fingerprint density at radius 1 is 1.26 bits per heavy atom. The fourth-order valence-electron chi connectivity index (χ4n) is 3.03. The number of likely N-dealkylation sites (N-methyl/N-ethyl adjacent to an activating group) is 1. The Morgan fingerprint density at radius 2 is 1.89 bits per heavy atom. The molecule has 8 nitrogen and oxygen atoms in total. The van der Waals surface area contributed by atoms with Crippen LogP contribution in [0.4, 0.5) is 5.69 Å². The normalized spacial score (nSPS) is 17.3. The van der Waals surface area contributed by atoms with E-state index < -0.39 is 10.0 Å². The number of hydrogen-bond acceptors (Lipinski definition) is 5. The standard InChI is InChI=1S/C17H26N4O4S.ClH/c1-13(22)19-14-6-8-16(9-7-14)26(24,25)20(2)12-17(23)21-10-4-3-5-15(21)11-18;/h6-9,15H,3-5,10-12,18H2,1-2H3,(H,19,22);1H. The number of halogens is 1. The zero-order valence-corrected chi connectivity index (χ0v) is 17.2. The Morgan fingerprint density at radius 3 is 2.44 bits per heavy atom. The molecule has 1 heterocycles. The largest absolute Gasteiger partial charge is 0.337 e. The first-order chi connectivity index (χ1) is 12.3. The van der Waals surface area contributed by atoms with E-state index in [1.807, 2.05) is 0 Å². The summed E-state index contributed by atoms with van der Waals surface area (Å²) < 4.78 is 26.4. The molecule has 2 rings (SSSR count). The van der Waals surface area contributed by atoms with Gasteiger partial charge in [0.2, 0.25) is 21.8 Å². The lowest BCUT2D eigenvalue weighted by atomic mass is 10.0. The monoisotopic (exact) mass is 418 g/mol. The zero-order valence-electron chi connectivity index (χ0n) is 15.6. The summed E-state index contributed by atoms with van der Waals surface area (Å²) in [5.74, 6) is -0.472. The zero-order chi connectivity index (χ0) is 19.3.